The third-order valence-corrected chi connectivity index (χ3v) is 3.42. The fourth-order valence-corrected chi connectivity index (χ4v) is 2.32. The van der Waals surface area contributed by atoms with Crippen LogP contribution in [0, 0.1) is 0 Å². The second-order valence-corrected chi connectivity index (χ2v) is 4.94. The maximum atomic E-state index is 6.04. The molecule has 0 radical (unpaired) electrons. The summed E-state index contributed by atoms with van der Waals surface area (Å²) in [4.78, 5) is 8.33. The zero-order valence-electron chi connectivity index (χ0n) is 11.9. The molecule has 1 aromatic rings. The van der Waals surface area contributed by atoms with Crippen molar-refractivity contribution in [1.82, 2.24) is 9.97 Å². The van der Waals surface area contributed by atoms with E-state index in [4.69, 9.17) is 5.73 Å². The van der Waals surface area contributed by atoms with Crippen molar-refractivity contribution in [3.05, 3.63) is 30.6 Å². The topological polar surface area (TPSA) is 75.9 Å². The van der Waals surface area contributed by atoms with Crippen LogP contribution in [0.1, 0.15) is 32.1 Å². The van der Waals surface area contributed by atoms with Gasteiger partial charge in [0.05, 0.1) is 0 Å². The van der Waals surface area contributed by atoms with Crippen LogP contribution in [0.4, 0.5) is 17.3 Å². The zero-order chi connectivity index (χ0) is 14.2. The number of nitrogens with one attached hydrogen (secondary N) is 2. The van der Waals surface area contributed by atoms with Crippen LogP contribution in [-0.4, -0.2) is 23.1 Å². The molecule has 0 spiro atoms. The highest BCUT2D eigenvalue weighted by Crippen LogP contribution is 2.23. The lowest BCUT2D eigenvalue weighted by Crippen LogP contribution is -2.11. The maximum absolute atomic E-state index is 6.04. The largest absolute Gasteiger partial charge is 0.393 e. The van der Waals surface area contributed by atoms with Crippen LogP contribution >= 0.6 is 0 Å². The summed E-state index contributed by atoms with van der Waals surface area (Å²) in [5.74, 6) is 1.35. The van der Waals surface area contributed by atoms with Gasteiger partial charge in [-0.05, 0) is 32.1 Å². The first-order chi connectivity index (χ1) is 9.81. The predicted molar refractivity (Wildman–Crippen MR) is 84.8 cm³/mol. The average Bonchev–Trinajstić information content (AvgIpc) is 2.49. The summed E-state index contributed by atoms with van der Waals surface area (Å²) in [6.07, 6.45) is 11.8. The molecule has 108 valence electrons. The summed E-state index contributed by atoms with van der Waals surface area (Å²) < 4.78 is 0. The van der Waals surface area contributed by atoms with Crippen molar-refractivity contribution >= 4 is 17.3 Å². The molecule has 0 atom stereocenters. The fraction of sp³-hybridized carbons (Fsp3) is 0.467. The molecule has 1 aliphatic rings. The highest BCUT2D eigenvalue weighted by Gasteiger charge is 2.08. The number of anilines is 3. The normalized spacial score (nSPS) is 14.5. The van der Waals surface area contributed by atoms with Gasteiger partial charge in [-0.3, -0.25) is 0 Å². The van der Waals surface area contributed by atoms with Crippen molar-refractivity contribution in [2.24, 2.45) is 0 Å². The molecule has 1 heterocycles. The van der Waals surface area contributed by atoms with Crippen LogP contribution in [0.25, 0.3) is 0 Å². The zero-order valence-corrected chi connectivity index (χ0v) is 11.9. The lowest BCUT2D eigenvalue weighted by molar-refractivity contribution is 0.679. The Labute approximate surface area is 120 Å². The molecule has 0 bridgehead atoms. The van der Waals surface area contributed by atoms with Crippen molar-refractivity contribution in [2.45, 2.75) is 32.1 Å². The smallest absolute Gasteiger partial charge is 0.155 e. The molecule has 2 rings (SSSR count). The minimum atomic E-state index is 0.562. The summed E-state index contributed by atoms with van der Waals surface area (Å²) >= 11 is 0. The van der Waals surface area contributed by atoms with Crippen molar-refractivity contribution in [3.63, 3.8) is 0 Å². The Bertz CT molecular complexity index is 481. The van der Waals surface area contributed by atoms with Gasteiger partial charge >= 0.3 is 0 Å². The Kier molecular flexibility index (Phi) is 5.41. The van der Waals surface area contributed by atoms with E-state index in [-0.39, 0.29) is 0 Å². The van der Waals surface area contributed by atoms with Gasteiger partial charge in [0.1, 0.15) is 12.0 Å². The molecule has 1 aromatic heterocycles. The Morgan fingerprint density at radius 2 is 2.05 bits per heavy atom. The Balaban J connectivity index is 1.88. The van der Waals surface area contributed by atoms with E-state index in [1.54, 1.807) is 11.6 Å². The summed E-state index contributed by atoms with van der Waals surface area (Å²) in [5.41, 5.74) is 8.15. The van der Waals surface area contributed by atoms with E-state index in [2.05, 4.69) is 33.3 Å². The van der Waals surface area contributed by atoms with Gasteiger partial charge in [0.2, 0.25) is 0 Å². The van der Waals surface area contributed by atoms with E-state index in [9.17, 15) is 0 Å². The molecule has 0 aromatic carbocycles. The molecule has 4 N–H and O–H groups in total. The maximum Gasteiger partial charge on any atom is 0.155 e. The van der Waals surface area contributed by atoms with Crippen LogP contribution in [0.5, 0.6) is 0 Å². The van der Waals surface area contributed by atoms with Gasteiger partial charge in [0.25, 0.3) is 0 Å². The van der Waals surface area contributed by atoms with Gasteiger partial charge in [0, 0.05) is 13.1 Å². The van der Waals surface area contributed by atoms with E-state index in [1.807, 2.05) is 0 Å². The number of rotatable bonds is 7. The van der Waals surface area contributed by atoms with Crippen molar-refractivity contribution in [3.8, 4) is 0 Å². The molecule has 0 aliphatic heterocycles. The molecule has 0 saturated carbocycles. The minimum Gasteiger partial charge on any atom is -0.393 e. The van der Waals surface area contributed by atoms with E-state index < -0.39 is 0 Å². The number of allylic oxidation sites excluding steroid dienone is 1. The minimum absolute atomic E-state index is 0.562. The first-order valence-corrected chi connectivity index (χ1v) is 7.18. The summed E-state index contributed by atoms with van der Waals surface area (Å²) in [5, 5.41) is 6.39. The highest BCUT2D eigenvalue weighted by atomic mass is 15.1. The van der Waals surface area contributed by atoms with Gasteiger partial charge in [-0.1, -0.05) is 17.7 Å². The van der Waals surface area contributed by atoms with Gasteiger partial charge in [-0.2, -0.15) is 0 Å². The van der Waals surface area contributed by atoms with Crippen LogP contribution < -0.4 is 16.4 Å². The van der Waals surface area contributed by atoms with E-state index in [0.29, 0.717) is 23.9 Å². The fourth-order valence-electron chi connectivity index (χ4n) is 2.32. The molecular weight excluding hydrogens is 250 g/mol. The summed E-state index contributed by atoms with van der Waals surface area (Å²) in [6, 6.07) is 0. The molecular formula is C15H23N5. The standard InChI is InChI=1S/C15H23N5/c1-2-9-17-14-13(16)15(20-11-19-14)18-10-8-12-6-4-3-5-7-12/h2,6,11H,1,3-5,7-10,16H2,(H2,17,18,19,20). The third kappa shape index (κ3) is 3.98. The average molecular weight is 273 g/mol. The summed E-state index contributed by atoms with van der Waals surface area (Å²) in [6.45, 7) is 5.15. The first kappa shape index (κ1) is 14.4. The molecule has 5 nitrogen and oxygen atoms in total. The van der Waals surface area contributed by atoms with E-state index in [0.717, 1.165) is 13.0 Å². The van der Waals surface area contributed by atoms with Crippen LogP contribution in [0.2, 0.25) is 0 Å². The number of aromatic nitrogens is 2. The SMILES string of the molecule is C=CCNc1ncnc(NCCC2=CCCCC2)c1N. The predicted octanol–water partition coefficient (Wildman–Crippen LogP) is 2.96. The number of hydrogen-bond acceptors (Lipinski definition) is 5. The van der Waals surface area contributed by atoms with Gasteiger partial charge in [0.15, 0.2) is 11.6 Å². The van der Waals surface area contributed by atoms with E-state index in [1.165, 1.54) is 32.0 Å². The first-order valence-electron chi connectivity index (χ1n) is 7.18. The highest BCUT2D eigenvalue weighted by molar-refractivity contribution is 5.74. The quantitative estimate of drug-likeness (QED) is 0.666. The van der Waals surface area contributed by atoms with E-state index >= 15 is 0 Å². The summed E-state index contributed by atoms with van der Waals surface area (Å²) in [7, 11) is 0. The molecule has 20 heavy (non-hydrogen) atoms. The van der Waals surface area contributed by atoms with Gasteiger partial charge < -0.3 is 16.4 Å². The Morgan fingerprint density at radius 1 is 1.25 bits per heavy atom. The monoisotopic (exact) mass is 273 g/mol. The van der Waals surface area contributed by atoms with Crippen LogP contribution in [-0.2, 0) is 0 Å². The van der Waals surface area contributed by atoms with Crippen molar-refractivity contribution in [2.75, 3.05) is 29.5 Å². The second kappa shape index (κ2) is 7.53. The number of nitrogen functional groups attached to an aromatic ring is 1. The van der Waals surface area contributed by atoms with Gasteiger partial charge in [-0.25, -0.2) is 9.97 Å². The van der Waals surface area contributed by atoms with Crippen molar-refractivity contribution < 1.29 is 0 Å². The second-order valence-electron chi connectivity index (χ2n) is 4.94. The molecule has 0 fully saturated rings. The Morgan fingerprint density at radius 3 is 2.75 bits per heavy atom. The number of nitrogens with two attached hydrogens (primary N) is 1. The molecule has 5 heteroatoms. The van der Waals surface area contributed by atoms with Gasteiger partial charge in [-0.15, -0.1) is 6.58 Å². The Hall–Kier alpha value is -2.04. The lowest BCUT2D eigenvalue weighted by atomic mass is 9.97. The number of hydrogen-bond donors (Lipinski definition) is 3. The molecule has 0 saturated heterocycles. The lowest BCUT2D eigenvalue weighted by Gasteiger charge is -2.14. The van der Waals surface area contributed by atoms with Crippen LogP contribution in [0.3, 0.4) is 0 Å². The third-order valence-electron chi connectivity index (χ3n) is 3.42. The van der Waals surface area contributed by atoms with Crippen molar-refractivity contribution in [1.29, 1.82) is 0 Å². The molecule has 0 unspecified atom stereocenters. The molecule has 0 amide bonds. The number of nitrogens with zero attached hydrogens (tertiary/aromatic N) is 2. The molecule has 1 aliphatic carbocycles. The van der Waals surface area contributed by atoms with Crippen LogP contribution in [0.15, 0.2) is 30.6 Å².